The first-order valence-corrected chi connectivity index (χ1v) is 7.77. The molecule has 0 amide bonds. The second-order valence-corrected chi connectivity index (χ2v) is 5.61. The van der Waals surface area contributed by atoms with Crippen molar-refractivity contribution in [1.29, 1.82) is 0 Å². The van der Waals surface area contributed by atoms with Crippen LogP contribution in [0.4, 0.5) is 4.39 Å². The van der Waals surface area contributed by atoms with Gasteiger partial charge in [0.15, 0.2) is 0 Å². The number of H-pyrrole nitrogens is 1. The summed E-state index contributed by atoms with van der Waals surface area (Å²) < 4.78 is 13.2. The zero-order chi connectivity index (χ0) is 16.1. The maximum absolute atomic E-state index is 13.2. The van der Waals surface area contributed by atoms with Gasteiger partial charge in [0.05, 0.1) is 6.20 Å². The number of hydrogen-bond acceptors (Lipinski definition) is 2. The number of rotatable bonds is 6. The Hall–Kier alpha value is -2.46. The zero-order valence-electron chi connectivity index (χ0n) is 13.1. The van der Waals surface area contributed by atoms with Gasteiger partial charge in [-0.3, -0.25) is 5.10 Å². The van der Waals surface area contributed by atoms with Crippen LogP contribution in [0.3, 0.4) is 0 Å². The number of nitrogens with one attached hydrogen (secondary N) is 2. The van der Waals surface area contributed by atoms with E-state index in [9.17, 15) is 4.39 Å². The fourth-order valence-corrected chi connectivity index (χ4v) is 2.83. The average molecular weight is 309 g/mol. The SMILES string of the molecule is CNCCC(c1ccc(F)cc1)c1ccc(-c2cn[nH]c2)cc1. The predicted octanol–water partition coefficient (Wildman–Crippen LogP) is 3.96. The molecule has 1 atom stereocenters. The quantitative estimate of drug-likeness (QED) is 0.723. The monoisotopic (exact) mass is 309 g/mol. The normalized spacial score (nSPS) is 12.3. The molecular weight excluding hydrogens is 289 g/mol. The summed E-state index contributed by atoms with van der Waals surface area (Å²) in [5.74, 6) is 0.0536. The molecule has 3 rings (SSSR count). The lowest BCUT2D eigenvalue weighted by Crippen LogP contribution is -2.13. The van der Waals surface area contributed by atoms with E-state index in [1.165, 1.54) is 17.7 Å². The van der Waals surface area contributed by atoms with Crippen molar-refractivity contribution in [2.45, 2.75) is 12.3 Å². The molecule has 0 aliphatic carbocycles. The van der Waals surface area contributed by atoms with E-state index in [1.54, 1.807) is 0 Å². The van der Waals surface area contributed by atoms with E-state index in [4.69, 9.17) is 0 Å². The van der Waals surface area contributed by atoms with Gasteiger partial charge in [-0.25, -0.2) is 4.39 Å². The van der Waals surface area contributed by atoms with Crippen LogP contribution in [-0.4, -0.2) is 23.8 Å². The molecule has 3 aromatic rings. The Morgan fingerprint density at radius 1 is 1.00 bits per heavy atom. The molecule has 23 heavy (non-hydrogen) atoms. The molecule has 4 heteroatoms. The maximum atomic E-state index is 13.2. The molecule has 0 fully saturated rings. The first kappa shape index (κ1) is 15.4. The molecule has 0 aliphatic rings. The van der Waals surface area contributed by atoms with Crippen LogP contribution in [0.15, 0.2) is 60.9 Å². The van der Waals surface area contributed by atoms with E-state index >= 15 is 0 Å². The first-order chi connectivity index (χ1) is 11.3. The molecule has 0 spiro atoms. The van der Waals surface area contributed by atoms with Gasteiger partial charge in [-0.2, -0.15) is 5.10 Å². The van der Waals surface area contributed by atoms with Gasteiger partial charge < -0.3 is 5.32 Å². The van der Waals surface area contributed by atoms with Gasteiger partial charge in [-0.05, 0) is 48.8 Å². The maximum Gasteiger partial charge on any atom is 0.123 e. The summed E-state index contributed by atoms with van der Waals surface area (Å²) in [5, 5.41) is 10.0. The Labute approximate surface area is 135 Å². The highest BCUT2D eigenvalue weighted by atomic mass is 19.1. The summed E-state index contributed by atoms with van der Waals surface area (Å²) >= 11 is 0. The van der Waals surface area contributed by atoms with Crippen LogP contribution >= 0.6 is 0 Å². The lowest BCUT2D eigenvalue weighted by molar-refractivity contribution is 0.623. The first-order valence-electron chi connectivity index (χ1n) is 7.77. The summed E-state index contributed by atoms with van der Waals surface area (Å²) in [7, 11) is 1.95. The minimum Gasteiger partial charge on any atom is -0.320 e. The van der Waals surface area contributed by atoms with E-state index in [-0.39, 0.29) is 11.7 Å². The van der Waals surface area contributed by atoms with Crippen LogP contribution in [0.1, 0.15) is 23.5 Å². The minimum absolute atomic E-state index is 0.198. The summed E-state index contributed by atoms with van der Waals surface area (Å²) in [6.45, 7) is 0.908. The summed E-state index contributed by atoms with van der Waals surface area (Å²) in [4.78, 5) is 0. The van der Waals surface area contributed by atoms with Crippen LogP contribution in [0.25, 0.3) is 11.1 Å². The topological polar surface area (TPSA) is 40.7 Å². The van der Waals surface area contributed by atoms with E-state index in [1.807, 2.05) is 31.6 Å². The van der Waals surface area contributed by atoms with Crippen LogP contribution in [0.2, 0.25) is 0 Å². The molecule has 2 N–H and O–H groups in total. The van der Waals surface area contributed by atoms with Crippen molar-refractivity contribution in [2.24, 2.45) is 0 Å². The highest BCUT2D eigenvalue weighted by Crippen LogP contribution is 2.29. The molecule has 3 nitrogen and oxygen atoms in total. The van der Waals surface area contributed by atoms with E-state index in [0.29, 0.717) is 0 Å². The number of aromatic amines is 1. The number of nitrogens with zero attached hydrogens (tertiary/aromatic N) is 1. The average Bonchev–Trinajstić information content (AvgIpc) is 3.12. The smallest absolute Gasteiger partial charge is 0.123 e. The van der Waals surface area contributed by atoms with Crippen molar-refractivity contribution in [1.82, 2.24) is 15.5 Å². The van der Waals surface area contributed by atoms with Crippen molar-refractivity contribution >= 4 is 0 Å². The van der Waals surface area contributed by atoms with Crippen molar-refractivity contribution in [3.05, 3.63) is 77.9 Å². The number of benzene rings is 2. The fourth-order valence-electron chi connectivity index (χ4n) is 2.83. The van der Waals surface area contributed by atoms with Crippen molar-refractivity contribution in [2.75, 3.05) is 13.6 Å². The highest BCUT2D eigenvalue weighted by molar-refractivity contribution is 5.62. The van der Waals surface area contributed by atoms with E-state index < -0.39 is 0 Å². The number of aromatic nitrogens is 2. The van der Waals surface area contributed by atoms with Crippen LogP contribution in [0.5, 0.6) is 0 Å². The molecule has 118 valence electrons. The van der Waals surface area contributed by atoms with Crippen LogP contribution < -0.4 is 5.32 Å². The standard InChI is InChI=1S/C19H20FN3/c1-21-11-10-19(16-6-8-18(20)9-7-16)15-4-2-14(3-5-15)17-12-22-23-13-17/h2-9,12-13,19,21H,10-11H2,1H3,(H,22,23). The second-order valence-electron chi connectivity index (χ2n) is 5.61. The largest absolute Gasteiger partial charge is 0.320 e. The van der Waals surface area contributed by atoms with Gasteiger partial charge in [-0.15, -0.1) is 0 Å². The Balaban J connectivity index is 1.88. The Bertz CT molecular complexity index is 718. The lowest BCUT2D eigenvalue weighted by Gasteiger charge is -2.18. The minimum atomic E-state index is -0.198. The number of hydrogen-bond donors (Lipinski definition) is 2. The van der Waals surface area contributed by atoms with Crippen molar-refractivity contribution < 1.29 is 4.39 Å². The number of halogens is 1. The summed E-state index contributed by atoms with van der Waals surface area (Å²) in [6, 6.07) is 15.3. The third-order valence-corrected chi connectivity index (χ3v) is 4.10. The van der Waals surface area contributed by atoms with Gasteiger partial charge in [0.1, 0.15) is 5.82 Å². The van der Waals surface area contributed by atoms with Gasteiger partial charge in [0.2, 0.25) is 0 Å². The fraction of sp³-hybridized carbons (Fsp3) is 0.211. The Morgan fingerprint density at radius 2 is 1.65 bits per heavy atom. The summed E-state index contributed by atoms with van der Waals surface area (Å²) in [5.41, 5.74) is 4.58. The molecule has 0 radical (unpaired) electrons. The highest BCUT2D eigenvalue weighted by Gasteiger charge is 2.14. The molecule has 1 aromatic heterocycles. The van der Waals surface area contributed by atoms with E-state index in [0.717, 1.165) is 29.7 Å². The molecular formula is C19H20FN3. The van der Waals surface area contributed by atoms with Crippen LogP contribution in [0, 0.1) is 5.82 Å². The molecule has 0 saturated heterocycles. The van der Waals surface area contributed by atoms with Gasteiger partial charge in [0.25, 0.3) is 0 Å². The third-order valence-electron chi connectivity index (χ3n) is 4.10. The van der Waals surface area contributed by atoms with Gasteiger partial charge in [-0.1, -0.05) is 36.4 Å². The molecule has 2 aromatic carbocycles. The molecule has 0 saturated carbocycles. The van der Waals surface area contributed by atoms with Gasteiger partial charge >= 0.3 is 0 Å². The van der Waals surface area contributed by atoms with E-state index in [2.05, 4.69) is 39.8 Å². The van der Waals surface area contributed by atoms with Gasteiger partial charge in [0, 0.05) is 17.7 Å². The zero-order valence-corrected chi connectivity index (χ0v) is 13.1. The second kappa shape index (κ2) is 7.20. The molecule has 1 unspecified atom stereocenters. The predicted molar refractivity (Wildman–Crippen MR) is 90.8 cm³/mol. The molecule has 1 heterocycles. The van der Waals surface area contributed by atoms with Crippen molar-refractivity contribution in [3.8, 4) is 11.1 Å². The lowest BCUT2D eigenvalue weighted by atomic mass is 9.88. The molecule has 0 aliphatic heterocycles. The Morgan fingerprint density at radius 3 is 2.22 bits per heavy atom. The van der Waals surface area contributed by atoms with Crippen LogP contribution in [-0.2, 0) is 0 Å². The third kappa shape index (κ3) is 3.66. The summed E-state index contributed by atoms with van der Waals surface area (Å²) in [6.07, 6.45) is 4.66. The molecule has 0 bridgehead atoms. The van der Waals surface area contributed by atoms with Crippen molar-refractivity contribution in [3.63, 3.8) is 0 Å². The Kier molecular flexibility index (Phi) is 4.83.